The van der Waals surface area contributed by atoms with Crippen LogP contribution in [0.25, 0.3) is 0 Å². The maximum absolute atomic E-state index is 13.3. The summed E-state index contributed by atoms with van der Waals surface area (Å²) in [5.74, 6) is 0.440. The molecule has 31 heavy (non-hydrogen) atoms. The van der Waals surface area contributed by atoms with E-state index in [0.29, 0.717) is 31.0 Å². The van der Waals surface area contributed by atoms with E-state index in [1.165, 1.54) is 6.07 Å². The number of piperidine rings is 1. The third-order valence-electron chi connectivity index (χ3n) is 5.94. The van der Waals surface area contributed by atoms with Crippen molar-refractivity contribution in [3.8, 4) is 0 Å². The molecule has 1 aliphatic heterocycles. The number of aromatic nitrogens is 1. The van der Waals surface area contributed by atoms with Crippen LogP contribution >= 0.6 is 0 Å². The molecular formula is C24H30F3N3O. The number of carbonyl (C=O) groups is 1. The van der Waals surface area contributed by atoms with Gasteiger partial charge in [-0.05, 0) is 55.5 Å². The van der Waals surface area contributed by atoms with Crippen LogP contribution in [0, 0.1) is 5.92 Å². The molecular weight excluding hydrogens is 403 g/mol. The summed E-state index contributed by atoms with van der Waals surface area (Å²) < 4.78 is 39.8. The monoisotopic (exact) mass is 433 g/mol. The Balaban J connectivity index is 1.46. The Bertz CT molecular complexity index is 841. The topological polar surface area (TPSA) is 36.4 Å². The molecule has 0 bridgehead atoms. The zero-order valence-corrected chi connectivity index (χ0v) is 17.9. The van der Waals surface area contributed by atoms with E-state index in [9.17, 15) is 18.0 Å². The van der Waals surface area contributed by atoms with Crippen molar-refractivity contribution in [2.45, 2.75) is 44.8 Å². The molecule has 7 heteroatoms. The van der Waals surface area contributed by atoms with Crippen LogP contribution in [0.3, 0.4) is 0 Å². The van der Waals surface area contributed by atoms with Gasteiger partial charge in [-0.25, -0.2) is 0 Å². The summed E-state index contributed by atoms with van der Waals surface area (Å²) in [6.45, 7) is 2.45. The molecule has 0 unspecified atom stereocenters. The van der Waals surface area contributed by atoms with Gasteiger partial charge in [-0.1, -0.05) is 24.3 Å². The summed E-state index contributed by atoms with van der Waals surface area (Å²) in [6.07, 6.45) is 1.33. The number of likely N-dealkylation sites (tertiary alicyclic amines) is 1. The molecule has 168 valence electrons. The Hall–Kier alpha value is -2.41. The van der Waals surface area contributed by atoms with Crippen LogP contribution in [0.4, 0.5) is 13.2 Å². The predicted molar refractivity (Wildman–Crippen MR) is 114 cm³/mol. The van der Waals surface area contributed by atoms with Gasteiger partial charge in [-0.3, -0.25) is 14.7 Å². The van der Waals surface area contributed by atoms with Crippen molar-refractivity contribution in [3.63, 3.8) is 0 Å². The fourth-order valence-electron chi connectivity index (χ4n) is 4.18. The van der Waals surface area contributed by atoms with E-state index in [4.69, 9.17) is 0 Å². The molecule has 1 atom stereocenters. The number of likely N-dealkylation sites (N-methyl/N-ethyl adjacent to an activating group) is 1. The standard InChI is InChI=1S/C24H30F3N3O/c1-29(16-13-21-9-4-5-14-28-21)23(31)12-11-19-7-6-15-30(17-19)18-20-8-2-3-10-22(20)24(25,26)27/h2-5,8-10,14,19H,6-7,11-13,15-18H2,1H3/t19-/m1/s1. The highest BCUT2D eigenvalue weighted by molar-refractivity contribution is 5.75. The van der Waals surface area contributed by atoms with Crippen molar-refractivity contribution in [3.05, 3.63) is 65.5 Å². The van der Waals surface area contributed by atoms with Gasteiger partial charge in [-0.15, -0.1) is 0 Å². The maximum Gasteiger partial charge on any atom is 0.416 e. The molecule has 3 rings (SSSR count). The molecule has 0 spiro atoms. The van der Waals surface area contributed by atoms with Crippen molar-refractivity contribution in [1.82, 2.24) is 14.8 Å². The minimum absolute atomic E-state index is 0.107. The average Bonchev–Trinajstić information content (AvgIpc) is 2.76. The van der Waals surface area contributed by atoms with Gasteiger partial charge in [0, 0.05) is 51.4 Å². The molecule has 0 N–H and O–H groups in total. The SMILES string of the molecule is CN(CCc1ccccn1)C(=O)CC[C@H]1CCCN(Cc2ccccc2C(F)(F)F)C1. The first-order chi connectivity index (χ1) is 14.8. The first-order valence-electron chi connectivity index (χ1n) is 10.8. The van der Waals surface area contributed by atoms with Crippen molar-refractivity contribution >= 4 is 5.91 Å². The summed E-state index contributed by atoms with van der Waals surface area (Å²) in [7, 11) is 1.81. The summed E-state index contributed by atoms with van der Waals surface area (Å²) in [4.78, 5) is 20.6. The van der Waals surface area contributed by atoms with Crippen LogP contribution in [0.5, 0.6) is 0 Å². The van der Waals surface area contributed by atoms with E-state index < -0.39 is 11.7 Å². The summed E-state index contributed by atoms with van der Waals surface area (Å²) in [6, 6.07) is 11.6. The van der Waals surface area contributed by atoms with Gasteiger partial charge in [-0.2, -0.15) is 13.2 Å². The highest BCUT2D eigenvalue weighted by Gasteiger charge is 2.33. The number of benzene rings is 1. The zero-order valence-electron chi connectivity index (χ0n) is 17.9. The van der Waals surface area contributed by atoms with Gasteiger partial charge in [0.25, 0.3) is 0 Å². The van der Waals surface area contributed by atoms with E-state index in [-0.39, 0.29) is 5.91 Å². The van der Waals surface area contributed by atoms with E-state index in [1.807, 2.05) is 25.2 Å². The molecule has 1 saturated heterocycles. The minimum atomic E-state index is -4.34. The lowest BCUT2D eigenvalue weighted by molar-refractivity contribution is -0.138. The Morgan fingerprint density at radius 3 is 2.71 bits per heavy atom. The highest BCUT2D eigenvalue weighted by atomic mass is 19.4. The van der Waals surface area contributed by atoms with Gasteiger partial charge in [0.05, 0.1) is 5.56 Å². The Kier molecular flexibility index (Phi) is 8.07. The average molecular weight is 434 g/mol. The van der Waals surface area contributed by atoms with Crippen molar-refractivity contribution in [1.29, 1.82) is 0 Å². The second kappa shape index (κ2) is 10.8. The third-order valence-corrected chi connectivity index (χ3v) is 5.94. The van der Waals surface area contributed by atoms with Gasteiger partial charge in [0.15, 0.2) is 0 Å². The smallest absolute Gasteiger partial charge is 0.345 e. The van der Waals surface area contributed by atoms with Crippen LogP contribution in [0.2, 0.25) is 0 Å². The van der Waals surface area contributed by atoms with Crippen LogP contribution in [-0.2, 0) is 23.9 Å². The van der Waals surface area contributed by atoms with Crippen LogP contribution in [-0.4, -0.2) is 47.4 Å². The van der Waals surface area contributed by atoms with E-state index >= 15 is 0 Å². The van der Waals surface area contributed by atoms with Gasteiger partial charge in [0.1, 0.15) is 0 Å². The lowest BCUT2D eigenvalue weighted by Crippen LogP contribution is -2.36. The molecule has 1 amide bonds. The Morgan fingerprint density at radius 1 is 1.19 bits per heavy atom. The van der Waals surface area contributed by atoms with Crippen molar-refractivity contribution < 1.29 is 18.0 Å². The first-order valence-corrected chi connectivity index (χ1v) is 10.8. The summed E-state index contributed by atoms with van der Waals surface area (Å²) >= 11 is 0. The number of hydrogen-bond donors (Lipinski definition) is 0. The van der Waals surface area contributed by atoms with Crippen molar-refractivity contribution in [2.75, 3.05) is 26.7 Å². The van der Waals surface area contributed by atoms with Gasteiger partial charge < -0.3 is 4.90 Å². The third kappa shape index (κ3) is 7.06. The largest absolute Gasteiger partial charge is 0.416 e. The molecule has 1 aromatic heterocycles. The molecule has 1 aromatic carbocycles. The number of amides is 1. The second-order valence-electron chi connectivity index (χ2n) is 8.32. The molecule has 2 aromatic rings. The molecule has 2 heterocycles. The maximum atomic E-state index is 13.3. The Morgan fingerprint density at radius 2 is 1.97 bits per heavy atom. The fraction of sp³-hybridized carbons (Fsp3) is 0.500. The van der Waals surface area contributed by atoms with E-state index in [0.717, 1.165) is 50.5 Å². The number of pyridine rings is 1. The summed E-state index contributed by atoms with van der Waals surface area (Å²) in [5, 5.41) is 0. The first kappa shape index (κ1) is 23.3. The number of carbonyl (C=O) groups excluding carboxylic acids is 1. The van der Waals surface area contributed by atoms with E-state index in [1.54, 1.807) is 23.2 Å². The molecule has 1 aliphatic rings. The lowest BCUT2D eigenvalue weighted by Gasteiger charge is -2.33. The lowest BCUT2D eigenvalue weighted by atomic mass is 9.92. The molecule has 0 aliphatic carbocycles. The van der Waals surface area contributed by atoms with Crippen LogP contribution < -0.4 is 0 Å². The molecule has 0 saturated carbocycles. The Labute approximate surface area is 182 Å². The minimum Gasteiger partial charge on any atom is -0.345 e. The second-order valence-corrected chi connectivity index (χ2v) is 8.32. The quantitative estimate of drug-likeness (QED) is 0.600. The fourth-order valence-corrected chi connectivity index (χ4v) is 4.18. The van der Waals surface area contributed by atoms with E-state index in [2.05, 4.69) is 9.88 Å². The predicted octanol–water partition coefficient (Wildman–Crippen LogP) is 4.79. The number of halogens is 3. The molecule has 0 radical (unpaired) electrons. The number of rotatable bonds is 8. The zero-order chi connectivity index (χ0) is 22.3. The van der Waals surface area contributed by atoms with Gasteiger partial charge in [0.2, 0.25) is 5.91 Å². The molecule has 4 nitrogen and oxygen atoms in total. The van der Waals surface area contributed by atoms with Crippen molar-refractivity contribution in [2.24, 2.45) is 5.92 Å². The van der Waals surface area contributed by atoms with Crippen LogP contribution in [0.15, 0.2) is 48.7 Å². The number of alkyl halides is 3. The summed E-state index contributed by atoms with van der Waals surface area (Å²) in [5.41, 5.74) is 0.729. The number of nitrogens with zero attached hydrogens (tertiary/aromatic N) is 3. The highest BCUT2D eigenvalue weighted by Crippen LogP contribution is 2.33. The normalized spacial score (nSPS) is 17.5. The number of hydrogen-bond acceptors (Lipinski definition) is 3. The molecule has 1 fully saturated rings. The van der Waals surface area contributed by atoms with Crippen LogP contribution in [0.1, 0.15) is 42.5 Å². The van der Waals surface area contributed by atoms with Gasteiger partial charge >= 0.3 is 6.18 Å².